The van der Waals surface area contributed by atoms with Gasteiger partial charge in [-0.15, -0.1) is 0 Å². The molecule has 0 saturated carbocycles. The van der Waals surface area contributed by atoms with Gasteiger partial charge >= 0.3 is 5.97 Å². The van der Waals surface area contributed by atoms with E-state index in [1.54, 1.807) is 0 Å². The van der Waals surface area contributed by atoms with Gasteiger partial charge in [0.15, 0.2) is 0 Å². The van der Waals surface area contributed by atoms with E-state index in [-0.39, 0.29) is 5.56 Å². The molecule has 5 heteroatoms. The van der Waals surface area contributed by atoms with Crippen LogP contribution in [0, 0.1) is 0 Å². The van der Waals surface area contributed by atoms with Gasteiger partial charge in [-0.2, -0.15) is 0 Å². The van der Waals surface area contributed by atoms with Crippen molar-refractivity contribution < 1.29 is 14.6 Å². The van der Waals surface area contributed by atoms with Gasteiger partial charge in [0.2, 0.25) is 5.88 Å². The minimum absolute atomic E-state index is 0.158. The van der Waals surface area contributed by atoms with Crippen LogP contribution in [0.2, 0.25) is 0 Å². The Bertz CT molecular complexity index is 327. The van der Waals surface area contributed by atoms with Gasteiger partial charge in [0, 0.05) is 6.07 Å². The summed E-state index contributed by atoms with van der Waals surface area (Å²) in [6, 6.07) is 2.81. The monoisotopic (exact) mass is 245 g/mol. The van der Waals surface area contributed by atoms with Crippen LogP contribution >= 0.6 is 15.9 Å². The van der Waals surface area contributed by atoms with Gasteiger partial charge in [-0.05, 0) is 28.9 Å². The summed E-state index contributed by atoms with van der Waals surface area (Å²) in [5, 5.41) is 8.70. The minimum Gasteiger partial charge on any atom is -0.478 e. The Hall–Kier alpha value is -1.10. The molecule has 1 aromatic rings. The number of ether oxygens (including phenoxy) is 1. The van der Waals surface area contributed by atoms with E-state index in [1.807, 2.05) is 6.92 Å². The first kappa shape index (κ1) is 9.98. The summed E-state index contributed by atoms with van der Waals surface area (Å²) in [5.74, 6) is -0.682. The average Bonchev–Trinajstić information content (AvgIpc) is 2.03. The zero-order chi connectivity index (χ0) is 9.84. The van der Waals surface area contributed by atoms with E-state index in [0.717, 1.165) is 0 Å². The highest BCUT2D eigenvalue weighted by Gasteiger charge is 2.07. The maximum absolute atomic E-state index is 10.6. The second-order valence-corrected chi connectivity index (χ2v) is 3.07. The van der Waals surface area contributed by atoms with Gasteiger partial charge in [-0.25, -0.2) is 9.78 Å². The number of hydrogen-bond donors (Lipinski definition) is 1. The molecule has 0 spiro atoms. The van der Waals surface area contributed by atoms with Crippen molar-refractivity contribution in [2.24, 2.45) is 0 Å². The molecule has 1 N–H and O–H groups in total. The third kappa shape index (κ3) is 2.69. The van der Waals surface area contributed by atoms with Crippen LogP contribution in [0.4, 0.5) is 0 Å². The molecule has 0 aliphatic rings. The van der Waals surface area contributed by atoms with E-state index in [1.165, 1.54) is 12.1 Å². The fraction of sp³-hybridized carbons (Fsp3) is 0.250. The Morgan fingerprint density at radius 2 is 2.38 bits per heavy atom. The molecule has 0 unspecified atom stereocenters. The molecule has 70 valence electrons. The lowest BCUT2D eigenvalue weighted by atomic mass is 10.3. The van der Waals surface area contributed by atoms with Crippen molar-refractivity contribution in [2.45, 2.75) is 6.92 Å². The second kappa shape index (κ2) is 4.23. The second-order valence-electron chi connectivity index (χ2n) is 2.25. The number of rotatable bonds is 3. The minimum atomic E-state index is -0.996. The standard InChI is InChI=1S/C8H8BrNO3/c1-2-13-7-4-5(8(11)12)3-6(9)10-7/h3-4H,2H2,1H3,(H,11,12). The molecule has 1 aromatic heterocycles. The number of carbonyl (C=O) groups is 1. The van der Waals surface area contributed by atoms with E-state index >= 15 is 0 Å². The fourth-order valence-electron chi connectivity index (χ4n) is 0.818. The third-order valence-corrected chi connectivity index (χ3v) is 1.72. The number of carboxylic acids is 1. The van der Waals surface area contributed by atoms with Gasteiger partial charge in [0.1, 0.15) is 4.60 Å². The van der Waals surface area contributed by atoms with Crippen molar-refractivity contribution in [3.05, 3.63) is 22.3 Å². The molecule has 13 heavy (non-hydrogen) atoms. The smallest absolute Gasteiger partial charge is 0.335 e. The molecule has 1 rings (SSSR count). The summed E-state index contributed by atoms with van der Waals surface area (Å²) >= 11 is 3.10. The van der Waals surface area contributed by atoms with Crippen LogP contribution in [0.3, 0.4) is 0 Å². The molecule has 1 heterocycles. The Kier molecular flexibility index (Phi) is 3.25. The van der Waals surface area contributed by atoms with Gasteiger partial charge in [0.05, 0.1) is 12.2 Å². The molecule has 0 aliphatic carbocycles. The highest BCUT2D eigenvalue weighted by molar-refractivity contribution is 9.10. The molecule has 0 radical (unpaired) electrons. The highest BCUT2D eigenvalue weighted by Crippen LogP contribution is 2.16. The quantitative estimate of drug-likeness (QED) is 0.828. The number of carboxylic acid groups (broad SMARTS) is 1. The number of hydrogen-bond acceptors (Lipinski definition) is 3. The Morgan fingerprint density at radius 1 is 1.69 bits per heavy atom. The molecule has 0 amide bonds. The predicted molar refractivity (Wildman–Crippen MR) is 50.1 cm³/mol. The van der Waals surface area contributed by atoms with Crippen LogP contribution < -0.4 is 4.74 Å². The lowest BCUT2D eigenvalue weighted by Gasteiger charge is -2.03. The molecule has 0 aliphatic heterocycles. The van der Waals surface area contributed by atoms with Crippen molar-refractivity contribution in [3.8, 4) is 5.88 Å². The summed E-state index contributed by atoms with van der Waals surface area (Å²) in [5.41, 5.74) is 0.158. The zero-order valence-electron chi connectivity index (χ0n) is 6.95. The largest absolute Gasteiger partial charge is 0.478 e. The lowest BCUT2D eigenvalue weighted by Crippen LogP contribution is -2.00. The molecule has 4 nitrogen and oxygen atoms in total. The van der Waals surface area contributed by atoms with E-state index in [2.05, 4.69) is 20.9 Å². The van der Waals surface area contributed by atoms with Gasteiger partial charge in [0.25, 0.3) is 0 Å². The first-order valence-corrected chi connectivity index (χ1v) is 4.46. The van der Waals surface area contributed by atoms with E-state index in [0.29, 0.717) is 17.1 Å². The number of pyridine rings is 1. The summed E-state index contributed by atoms with van der Waals surface area (Å²) in [6.45, 7) is 2.27. The topological polar surface area (TPSA) is 59.4 Å². The zero-order valence-corrected chi connectivity index (χ0v) is 8.54. The molecule has 0 atom stereocenters. The predicted octanol–water partition coefficient (Wildman–Crippen LogP) is 1.94. The normalized spacial score (nSPS) is 9.69. The summed E-state index contributed by atoms with van der Waals surface area (Å²) in [4.78, 5) is 14.5. The van der Waals surface area contributed by atoms with E-state index in [4.69, 9.17) is 9.84 Å². The first-order valence-electron chi connectivity index (χ1n) is 3.67. The summed E-state index contributed by atoms with van der Waals surface area (Å²) in [6.07, 6.45) is 0. The van der Waals surface area contributed by atoms with E-state index < -0.39 is 5.97 Å². The highest BCUT2D eigenvalue weighted by atomic mass is 79.9. The van der Waals surface area contributed by atoms with Crippen molar-refractivity contribution in [2.75, 3.05) is 6.61 Å². The maximum atomic E-state index is 10.6. The molecule has 0 bridgehead atoms. The third-order valence-electron chi connectivity index (χ3n) is 1.31. The number of aromatic carboxylic acids is 1. The fourth-order valence-corrected chi connectivity index (χ4v) is 1.24. The molecule has 0 fully saturated rings. The lowest BCUT2D eigenvalue weighted by molar-refractivity contribution is 0.0696. The van der Waals surface area contributed by atoms with Gasteiger partial charge < -0.3 is 9.84 Å². The Balaban J connectivity index is 3.03. The van der Waals surface area contributed by atoms with Crippen LogP contribution in [-0.4, -0.2) is 22.7 Å². The van der Waals surface area contributed by atoms with Crippen LogP contribution in [0.15, 0.2) is 16.7 Å². The van der Waals surface area contributed by atoms with E-state index in [9.17, 15) is 4.79 Å². The summed E-state index contributed by atoms with van der Waals surface area (Å²) < 4.78 is 5.53. The van der Waals surface area contributed by atoms with Crippen molar-refractivity contribution in [3.63, 3.8) is 0 Å². The van der Waals surface area contributed by atoms with Crippen molar-refractivity contribution >= 4 is 21.9 Å². The number of halogens is 1. The van der Waals surface area contributed by atoms with Crippen LogP contribution in [0.1, 0.15) is 17.3 Å². The van der Waals surface area contributed by atoms with Crippen molar-refractivity contribution in [1.82, 2.24) is 4.98 Å². The first-order chi connectivity index (χ1) is 6.13. The Morgan fingerprint density at radius 3 is 2.92 bits per heavy atom. The summed E-state index contributed by atoms with van der Waals surface area (Å²) in [7, 11) is 0. The van der Waals surface area contributed by atoms with Crippen LogP contribution in [0.25, 0.3) is 0 Å². The SMILES string of the molecule is CCOc1cc(C(=O)O)cc(Br)n1. The molecular weight excluding hydrogens is 238 g/mol. The van der Waals surface area contributed by atoms with Crippen LogP contribution in [-0.2, 0) is 0 Å². The van der Waals surface area contributed by atoms with Gasteiger partial charge in [-0.1, -0.05) is 0 Å². The molecule has 0 aromatic carbocycles. The molecule has 0 saturated heterocycles. The average molecular weight is 246 g/mol. The number of aromatic nitrogens is 1. The van der Waals surface area contributed by atoms with Crippen molar-refractivity contribution in [1.29, 1.82) is 0 Å². The van der Waals surface area contributed by atoms with Crippen LogP contribution in [0.5, 0.6) is 5.88 Å². The molecular formula is C8H8BrNO3. The Labute approximate surface area is 83.7 Å². The van der Waals surface area contributed by atoms with Gasteiger partial charge in [-0.3, -0.25) is 0 Å². The number of nitrogens with zero attached hydrogens (tertiary/aromatic N) is 1. The maximum Gasteiger partial charge on any atom is 0.335 e.